The Morgan fingerprint density at radius 1 is 1.06 bits per heavy atom. The fourth-order valence-corrected chi connectivity index (χ4v) is 5.12. The molecule has 0 fully saturated rings. The number of anilines is 1. The van der Waals surface area contributed by atoms with Gasteiger partial charge in [-0.15, -0.1) is 10.2 Å². The molecule has 2 aromatic heterocycles. The molecule has 3 heterocycles. The first-order chi connectivity index (χ1) is 15.5. The van der Waals surface area contributed by atoms with Gasteiger partial charge in [0.05, 0.1) is 17.0 Å². The monoisotopic (exact) mass is 445 g/mol. The first-order valence-electron chi connectivity index (χ1n) is 10.8. The highest BCUT2D eigenvalue weighted by Crippen LogP contribution is 2.42. The molecule has 4 aromatic rings. The van der Waals surface area contributed by atoms with Crippen LogP contribution in [-0.2, 0) is 6.42 Å². The second-order valence-electron chi connectivity index (χ2n) is 8.30. The van der Waals surface area contributed by atoms with E-state index < -0.39 is 6.04 Å². The van der Waals surface area contributed by atoms with Crippen molar-refractivity contribution >= 4 is 33.3 Å². The number of aryl methyl sites for hydroxylation is 1. The smallest absolute Gasteiger partial charge is 0.297 e. The lowest BCUT2D eigenvalue weighted by atomic mass is 9.95. The molecule has 1 aliphatic heterocycles. The SMILES string of the molecule is CCCc1nnc(N2C(=O)c3oc4ccccc4c(=O)c3C2c2ccc(C(C)C)cc2)s1. The molecule has 7 heteroatoms. The molecule has 162 valence electrons. The van der Waals surface area contributed by atoms with Gasteiger partial charge in [0.1, 0.15) is 10.6 Å². The summed E-state index contributed by atoms with van der Waals surface area (Å²) in [5.41, 5.74) is 2.62. The van der Waals surface area contributed by atoms with E-state index in [-0.39, 0.29) is 17.1 Å². The molecule has 0 N–H and O–H groups in total. The second kappa shape index (κ2) is 7.98. The van der Waals surface area contributed by atoms with Gasteiger partial charge in [-0.25, -0.2) is 0 Å². The zero-order valence-corrected chi connectivity index (χ0v) is 19.0. The highest BCUT2D eigenvalue weighted by atomic mass is 32.1. The Kier molecular flexibility index (Phi) is 5.13. The minimum absolute atomic E-state index is 0.0823. The molecule has 0 spiro atoms. The summed E-state index contributed by atoms with van der Waals surface area (Å²) in [5.74, 6) is 0.102. The van der Waals surface area contributed by atoms with Gasteiger partial charge in [0, 0.05) is 6.42 Å². The minimum Gasteiger partial charge on any atom is -0.450 e. The number of aromatic nitrogens is 2. The molecule has 0 bridgehead atoms. The highest BCUT2D eigenvalue weighted by molar-refractivity contribution is 7.15. The van der Waals surface area contributed by atoms with Gasteiger partial charge in [-0.1, -0.05) is 68.5 Å². The van der Waals surface area contributed by atoms with Crippen molar-refractivity contribution < 1.29 is 9.21 Å². The minimum atomic E-state index is -0.609. The van der Waals surface area contributed by atoms with E-state index in [0.717, 1.165) is 23.4 Å². The molecule has 5 rings (SSSR count). The topological polar surface area (TPSA) is 76.3 Å². The first kappa shape index (κ1) is 20.6. The molecule has 1 unspecified atom stereocenters. The number of carbonyl (C=O) groups excluding carboxylic acids is 1. The van der Waals surface area contributed by atoms with Gasteiger partial charge in [0.25, 0.3) is 5.91 Å². The van der Waals surface area contributed by atoms with Gasteiger partial charge < -0.3 is 4.42 Å². The predicted octanol–water partition coefficient (Wildman–Crippen LogP) is 5.47. The summed E-state index contributed by atoms with van der Waals surface area (Å²) >= 11 is 1.38. The summed E-state index contributed by atoms with van der Waals surface area (Å²) in [6.45, 7) is 6.34. The molecular formula is C25H23N3O3S. The van der Waals surface area contributed by atoms with Crippen molar-refractivity contribution in [3.63, 3.8) is 0 Å². The van der Waals surface area contributed by atoms with Crippen molar-refractivity contribution in [3.8, 4) is 0 Å². The molecule has 1 amide bonds. The summed E-state index contributed by atoms with van der Waals surface area (Å²) in [6.07, 6.45) is 1.73. The molecule has 32 heavy (non-hydrogen) atoms. The number of fused-ring (bicyclic) bond motifs is 2. The number of amides is 1. The molecule has 0 radical (unpaired) electrons. The predicted molar refractivity (Wildman–Crippen MR) is 126 cm³/mol. The zero-order valence-electron chi connectivity index (χ0n) is 18.2. The van der Waals surface area contributed by atoms with E-state index in [1.54, 1.807) is 29.2 Å². The second-order valence-corrected chi connectivity index (χ2v) is 9.34. The summed E-state index contributed by atoms with van der Waals surface area (Å²) in [4.78, 5) is 28.7. The van der Waals surface area contributed by atoms with Crippen LogP contribution in [0.3, 0.4) is 0 Å². The van der Waals surface area contributed by atoms with Gasteiger partial charge >= 0.3 is 0 Å². The number of carbonyl (C=O) groups is 1. The number of para-hydroxylation sites is 1. The fourth-order valence-electron chi connectivity index (χ4n) is 4.15. The van der Waals surface area contributed by atoms with E-state index >= 15 is 0 Å². The maximum Gasteiger partial charge on any atom is 0.297 e. The molecule has 1 atom stereocenters. The standard InChI is InChI=1S/C25H23N3O3S/c1-4-7-19-26-27-25(32-19)28-21(16-12-10-15(11-13-16)14(2)3)20-22(29)17-8-5-6-9-18(17)31-23(20)24(28)30/h5-6,8-14,21H,4,7H2,1-3H3. The first-order valence-corrected chi connectivity index (χ1v) is 11.6. The zero-order chi connectivity index (χ0) is 22.4. The molecule has 0 saturated carbocycles. The maximum absolute atomic E-state index is 13.6. The van der Waals surface area contributed by atoms with Crippen molar-refractivity contribution in [2.45, 2.75) is 45.6 Å². The van der Waals surface area contributed by atoms with Gasteiger partial charge in [-0.2, -0.15) is 0 Å². The van der Waals surface area contributed by atoms with Gasteiger partial charge in [0.15, 0.2) is 5.43 Å². The van der Waals surface area contributed by atoms with Gasteiger partial charge in [-0.3, -0.25) is 14.5 Å². The normalized spacial score (nSPS) is 15.7. The summed E-state index contributed by atoms with van der Waals surface area (Å²) in [6, 6.07) is 14.5. The van der Waals surface area contributed by atoms with E-state index in [9.17, 15) is 9.59 Å². The van der Waals surface area contributed by atoms with Crippen LogP contribution in [0, 0.1) is 0 Å². The van der Waals surface area contributed by atoms with Crippen LogP contribution in [0.5, 0.6) is 0 Å². The number of benzene rings is 2. The summed E-state index contributed by atoms with van der Waals surface area (Å²) in [5, 5.41) is 10.4. The Morgan fingerprint density at radius 2 is 1.81 bits per heavy atom. The van der Waals surface area contributed by atoms with E-state index in [2.05, 4.69) is 31.0 Å². The van der Waals surface area contributed by atoms with Crippen LogP contribution in [-0.4, -0.2) is 16.1 Å². The number of hydrogen-bond donors (Lipinski definition) is 0. The fraction of sp³-hybridized carbons (Fsp3) is 0.280. The number of hydrogen-bond acceptors (Lipinski definition) is 6. The van der Waals surface area contributed by atoms with Crippen LogP contribution in [0.1, 0.15) is 71.4 Å². The van der Waals surface area contributed by atoms with Crippen LogP contribution >= 0.6 is 11.3 Å². The lowest BCUT2D eigenvalue weighted by Crippen LogP contribution is -2.29. The molecule has 0 saturated heterocycles. The summed E-state index contributed by atoms with van der Waals surface area (Å²) in [7, 11) is 0. The van der Waals surface area contributed by atoms with E-state index in [1.807, 2.05) is 24.3 Å². The van der Waals surface area contributed by atoms with E-state index in [4.69, 9.17) is 4.42 Å². The third-order valence-electron chi connectivity index (χ3n) is 5.82. The summed E-state index contributed by atoms with van der Waals surface area (Å²) < 4.78 is 5.98. The number of rotatable bonds is 5. The highest BCUT2D eigenvalue weighted by Gasteiger charge is 2.45. The Balaban J connectivity index is 1.73. The molecule has 6 nitrogen and oxygen atoms in total. The molecule has 1 aliphatic rings. The van der Waals surface area contributed by atoms with Gasteiger partial charge in [-0.05, 0) is 35.6 Å². The van der Waals surface area contributed by atoms with Gasteiger partial charge in [0.2, 0.25) is 10.9 Å². The number of nitrogens with zero attached hydrogens (tertiary/aromatic N) is 3. The Hall–Kier alpha value is -3.32. The molecular weight excluding hydrogens is 422 g/mol. The lowest BCUT2D eigenvalue weighted by molar-refractivity contribution is 0.0970. The van der Waals surface area contributed by atoms with Crippen molar-refractivity contribution in [2.75, 3.05) is 4.90 Å². The van der Waals surface area contributed by atoms with E-state index in [0.29, 0.717) is 27.6 Å². The van der Waals surface area contributed by atoms with Crippen molar-refractivity contribution in [1.82, 2.24) is 10.2 Å². The Bertz CT molecular complexity index is 1370. The van der Waals surface area contributed by atoms with Crippen LogP contribution in [0.2, 0.25) is 0 Å². The average Bonchev–Trinajstić information content (AvgIpc) is 3.37. The third-order valence-corrected chi connectivity index (χ3v) is 6.80. The maximum atomic E-state index is 13.6. The lowest BCUT2D eigenvalue weighted by Gasteiger charge is -2.22. The van der Waals surface area contributed by atoms with E-state index in [1.165, 1.54) is 16.9 Å². The van der Waals surface area contributed by atoms with Crippen LogP contribution in [0.25, 0.3) is 11.0 Å². The van der Waals surface area contributed by atoms with Crippen molar-refractivity contribution in [3.05, 3.63) is 86.2 Å². The average molecular weight is 446 g/mol. The van der Waals surface area contributed by atoms with Crippen molar-refractivity contribution in [2.24, 2.45) is 0 Å². The molecule has 2 aromatic carbocycles. The molecule has 0 aliphatic carbocycles. The Labute approximate surface area is 189 Å². The van der Waals surface area contributed by atoms with Crippen LogP contribution in [0.15, 0.2) is 57.7 Å². The largest absolute Gasteiger partial charge is 0.450 e. The third kappa shape index (κ3) is 3.24. The van der Waals surface area contributed by atoms with Crippen LogP contribution < -0.4 is 10.3 Å². The van der Waals surface area contributed by atoms with Crippen LogP contribution in [0.4, 0.5) is 5.13 Å². The quantitative estimate of drug-likeness (QED) is 0.407. The Morgan fingerprint density at radius 3 is 2.53 bits per heavy atom. The van der Waals surface area contributed by atoms with Crippen molar-refractivity contribution in [1.29, 1.82) is 0 Å².